The Kier molecular flexibility index (Phi) is 6.96. The van der Waals surface area contributed by atoms with Crippen LogP contribution in [-0.2, 0) is 11.5 Å². The summed E-state index contributed by atoms with van der Waals surface area (Å²) >= 11 is 3.51. The first-order valence-electron chi connectivity index (χ1n) is 9.72. The van der Waals surface area contributed by atoms with E-state index in [1.165, 1.54) is 22.5 Å². The quantitative estimate of drug-likeness (QED) is 0.607. The lowest BCUT2D eigenvalue weighted by atomic mass is 10.1. The van der Waals surface area contributed by atoms with E-state index in [0.717, 1.165) is 21.7 Å². The van der Waals surface area contributed by atoms with Crippen LogP contribution in [0.5, 0.6) is 0 Å². The maximum absolute atomic E-state index is 4.87. The fourth-order valence-corrected chi connectivity index (χ4v) is 4.97. The van der Waals surface area contributed by atoms with E-state index in [0.29, 0.717) is 0 Å². The van der Waals surface area contributed by atoms with E-state index in [4.69, 9.17) is 9.98 Å². The molecule has 0 spiro atoms. The minimum absolute atomic E-state index is 0.252. The first kappa shape index (κ1) is 21.8. The average Bonchev–Trinajstić information content (AvgIpc) is 2.98. The minimum Gasteiger partial charge on any atom is -0.378 e. The standard InChI is InChI=1S/C23H30N4S2/c1-23(2)21(28-15-17-9-7-11-19(13-17)26(3)4)24-22(25-23)29-16-18-10-8-12-20(14-18)27(5)6/h7-14H,15-16H2,1-6H3. The van der Waals surface area contributed by atoms with E-state index in [1.807, 2.05) is 0 Å². The van der Waals surface area contributed by atoms with E-state index in [2.05, 4.69) is 100 Å². The predicted molar refractivity (Wildman–Crippen MR) is 133 cm³/mol. The van der Waals surface area contributed by atoms with Gasteiger partial charge in [-0.05, 0) is 49.2 Å². The molecule has 1 aliphatic rings. The highest BCUT2D eigenvalue weighted by molar-refractivity contribution is 8.15. The number of rotatable bonds is 6. The molecule has 4 nitrogen and oxygen atoms in total. The molecule has 0 saturated carbocycles. The van der Waals surface area contributed by atoms with Crippen molar-refractivity contribution in [1.29, 1.82) is 0 Å². The van der Waals surface area contributed by atoms with Crippen molar-refractivity contribution in [1.82, 2.24) is 0 Å². The first-order chi connectivity index (χ1) is 13.7. The normalized spacial score (nSPS) is 15.1. The van der Waals surface area contributed by atoms with Crippen LogP contribution in [-0.4, -0.2) is 43.9 Å². The Bertz CT molecular complexity index is 917. The van der Waals surface area contributed by atoms with Crippen LogP contribution in [0.2, 0.25) is 0 Å². The lowest BCUT2D eigenvalue weighted by molar-refractivity contribution is 0.728. The van der Waals surface area contributed by atoms with E-state index in [1.54, 1.807) is 23.5 Å². The zero-order valence-electron chi connectivity index (χ0n) is 18.1. The number of benzene rings is 2. The topological polar surface area (TPSA) is 31.2 Å². The molecule has 0 bridgehead atoms. The monoisotopic (exact) mass is 426 g/mol. The summed E-state index contributed by atoms with van der Waals surface area (Å²) in [5.74, 6) is 1.78. The van der Waals surface area contributed by atoms with Crippen LogP contribution in [0.15, 0.2) is 58.5 Å². The molecule has 0 aromatic heterocycles. The van der Waals surface area contributed by atoms with Crippen LogP contribution in [0.4, 0.5) is 11.4 Å². The molecule has 0 radical (unpaired) electrons. The fraction of sp³-hybridized carbons (Fsp3) is 0.391. The van der Waals surface area contributed by atoms with Crippen LogP contribution >= 0.6 is 23.5 Å². The SMILES string of the molecule is CN(C)c1cccc(CSC2=NC(C)(C)C(SCc3cccc(N(C)C)c3)=N2)c1. The Morgan fingerprint density at radius 1 is 0.793 bits per heavy atom. The summed E-state index contributed by atoms with van der Waals surface area (Å²) in [6, 6.07) is 17.3. The van der Waals surface area contributed by atoms with E-state index < -0.39 is 0 Å². The van der Waals surface area contributed by atoms with Gasteiger partial charge in [0, 0.05) is 51.1 Å². The summed E-state index contributed by atoms with van der Waals surface area (Å²) in [4.78, 5) is 14.0. The molecule has 2 aromatic carbocycles. The molecule has 1 heterocycles. The molecule has 154 valence electrons. The Hall–Kier alpha value is -1.92. The second-order valence-electron chi connectivity index (χ2n) is 8.08. The lowest BCUT2D eigenvalue weighted by Crippen LogP contribution is -2.23. The van der Waals surface area contributed by atoms with Crippen LogP contribution in [0.1, 0.15) is 25.0 Å². The maximum atomic E-state index is 4.87. The average molecular weight is 427 g/mol. The molecular weight excluding hydrogens is 396 g/mol. The van der Waals surface area contributed by atoms with Crippen molar-refractivity contribution >= 4 is 45.1 Å². The Morgan fingerprint density at radius 2 is 1.31 bits per heavy atom. The van der Waals surface area contributed by atoms with Gasteiger partial charge in [0.2, 0.25) is 0 Å². The van der Waals surface area contributed by atoms with Crippen molar-refractivity contribution in [3.05, 3.63) is 59.7 Å². The van der Waals surface area contributed by atoms with Gasteiger partial charge in [-0.3, -0.25) is 0 Å². The second kappa shape index (κ2) is 9.26. The van der Waals surface area contributed by atoms with Crippen LogP contribution in [0.25, 0.3) is 0 Å². The third-order valence-corrected chi connectivity index (χ3v) is 6.95. The number of hydrogen-bond acceptors (Lipinski definition) is 6. The summed E-state index contributed by atoms with van der Waals surface area (Å²) in [6.07, 6.45) is 0. The van der Waals surface area contributed by atoms with Crippen molar-refractivity contribution in [3.63, 3.8) is 0 Å². The van der Waals surface area contributed by atoms with Gasteiger partial charge < -0.3 is 9.80 Å². The van der Waals surface area contributed by atoms with E-state index in [9.17, 15) is 0 Å². The summed E-state index contributed by atoms with van der Waals surface area (Å²) < 4.78 is 0. The Morgan fingerprint density at radius 3 is 1.83 bits per heavy atom. The van der Waals surface area contributed by atoms with Gasteiger partial charge in [-0.2, -0.15) is 0 Å². The molecule has 0 N–H and O–H groups in total. The third kappa shape index (κ3) is 5.80. The zero-order chi connectivity index (χ0) is 21.0. The number of thioether (sulfide) groups is 2. The molecule has 29 heavy (non-hydrogen) atoms. The number of hydrogen-bond donors (Lipinski definition) is 0. The summed E-state index contributed by atoms with van der Waals surface area (Å²) in [6.45, 7) is 4.30. The molecule has 6 heteroatoms. The number of anilines is 2. The van der Waals surface area contributed by atoms with Gasteiger partial charge in [-0.15, -0.1) is 11.8 Å². The maximum Gasteiger partial charge on any atom is 0.185 e. The molecule has 0 aliphatic carbocycles. The van der Waals surface area contributed by atoms with E-state index >= 15 is 0 Å². The fourth-order valence-electron chi connectivity index (χ4n) is 2.96. The molecule has 2 aromatic rings. The van der Waals surface area contributed by atoms with Crippen molar-refractivity contribution in [2.75, 3.05) is 38.0 Å². The van der Waals surface area contributed by atoms with E-state index in [-0.39, 0.29) is 5.54 Å². The molecule has 0 amide bonds. The number of nitrogens with zero attached hydrogens (tertiary/aromatic N) is 4. The predicted octanol–water partition coefficient (Wildman–Crippen LogP) is 5.53. The molecular formula is C23H30N4S2. The van der Waals surface area contributed by atoms with Crippen LogP contribution in [0, 0.1) is 0 Å². The first-order valence-corrected chi connectivity index (χ1v) is 11.7. The molecule has 0 unspecified atom stereocenters. The highest BCUT2D eigenvalue weighted by Crippen LogP contribution is 2.32. The highest BCUT2D eigenvalue weighted by Gasteiger charge is 2.31. The smallest absolute Gasteiger partial charge is 0.185 e. The van der Waals surface area contributed by atoms with Crippen molar-refractivity contribution in [2.24, 2.45) is 9.98 Å². The highest BCUT2D eigenvalue weighted by atomic mass is 32.2. The second-order valence-corrected chi connectivity index (χ2v) is 9.98. The molecule has 1 aliphatic heterocycles. The van der Waals surface area contributed by atoms with Crippen LogP contribution in [0.3, 0.4) is 0 Å². The van der Waals surface area contributed by atoms with Gasteiger partial charge in [0.25, 0.3) is 0 Å². The number of aliphatic imine (C=N–C) groups is 2. The summed E-state index contributed by atoms with van der Waals surface area (Å²) in [7, 11) is 8.28. The van der Waals surface area contributed by atoms with Gasteiger partial charge >= 0.3 is 0 Å². The number of amidine groups is 1. The molecule has 0 fully saturated rings. The third-order valence-electron chi connectivity index (χ3n) is 4.69. The zero-order valence-corrected chi connectivity index (χ0v) is 19.8. The van der Waals surface area contributed by atoms with Gasteiger partial charge in [0.15, 0.2) is 5.17 Å². The molecule has 0 atom stereocenters. The van der Waals surface area contributed by atoms with Crippen molar-refractivity contribution in [3.8, 4) is 0 Å². The minimum atomic E-state index is -0.252. The molecule has 3 rings (SSSR count). The molecule has 0 saturated heterocycles. The van der Waals surface area contributed by atoms with Gasteiger partial charge in [0.1, 0.15) is 10.6 Å². The van der Waals surface area contributed by atoms with Crippen LogP contribution < -0.4 is 9.80 Å². The van der Waals surface area contributed by atoms with Gasteiger partial charge in [-0.1, -0.05) is 36.0 Å². The summed E-state index contributed by atoms with van der Waals surface area (Å²) in [5.41, 5.74) is 4.79. The van der Waals surface area contributed by atoms with Gasteiger partial charge in [-0.25, -0.2) is 9.98 Å². The lowest BCUT2D eigenvalue weighted by Gasteiger charge is -2.17. The van der Waals surface area contributed by atoms with Crippen molar-refractivity contribution < 1.29 is 0 Å². The van der Waals surface area contributed by atoms with Gasteiger partial charge in [0.05, 0.1) is 0 Å². The Labute approximate surface area is 183 Å². The summed E-state index contributed by atoms with van der Waals surface area (Å²) in [5, 5.41) is 1.98. The van der Waals surface area contributed by atoms with Crippen molar-refractivity contribution in [2.45, 2.75) is 30.9 Å². The Balaban J connectivity index is 1.62. The largest absolute Gasteiger partial charge is 0.378 e.